The summed E-state index contributed by atoms with van der Waals surface area (Å²) in [5.41, 5.74) is 8.97. The lowest BCUT2D eigenvalue weighted by Crippen LogP contribution is -2.44. The number of carbonyl (C=O) groups excluding carboxylic acids is 1. The molecule has 3 N–H and O–H groups in total. The Balaban J connectivity index is 1.46. The standard InChI is InChI=1S/C23H28N4O2/c1-25-23(27-15-12-20(13-16-27)19-5-3-2-4-6-19)26-14-11-18-7-9-21(10-8-18)29-17-22(24)28/h2-10,12H,11,13-17H2,1H3,(H2,24,28)(H,25,26). The summed E-state index contributed by atoms with van der Waals surface area (Å²) in [5.74, 6) is 1.09. The molecule has 0 unspecified atom stereocenters. The van der Waals surface area contributed by atoms with E-state index in [9.17, 15) is 4.79 Å². The number of nitrogens with zero attached hydrogens (tertiary/aromatic N) is 2. The number of carbonyl (C=O) groups is 1. The molecule has 2 aromatic rings. The second-order valence-corrected chi connectivity index (χ2v) is 6.91. The molecule has 0 spiro atoms. The highest BCUT2D eigenvalue weighted by Crippen LogP contribution is 2.22. The van der Waals surface area contributed by atoms with Crippen molar-refractivity contribution < 1.29 is 9.53 Å². The van der Waals surface area contributed by atoms with E-state index in [2.05, 4.69) is 45.6 Å². The van der Waals surface area contributed by atoms with Crippen molar-refractivity contribution in [3.63, 3.8) is 0 Å². The van der Waals surface area contributed by atoms with Crippen LogP contribution in [0.1, 0.15) is 17.5 Å². The number of primary amides is 1. The van der Waals surface area contributed by atoms with E-state index in [1.807, 2.05) is 37.4 Å². The molecule has 3 rings (SSSR count). The Morgan fingerprint density at radius 2 is 1.93 bits per heavy atom. The molecule has 6 heteroatoms. The molecule has 0 aromatic heterocycles. The van der Waals surface area contributed by atoms with E-state index < -0.39 is 5.91 Å². The van der Waals surface area contributed by atoms with Gasteiger partial charge in [-0.3, -0.25) is 9.79 Å². The van der Waals surface area contributed by atoms with Crippen molar-refractivity contribution in [2.75, 3.05) is 33.3 Å². The van der Waals surface area contributed by atoms with Crippen LogP contribution in [-0.2, 0) is 11.2 Å². The molecular formula is C23H28N4O2. The highest BCUT2D eigenvalue weighted by atomic mass is 16.5. The van der Waals surface area contributed by atoms with Gasteiger partial charge in [-0.15, -0.1) is 0 Å². The predicted molar refractivity (Wildman–Crippen MR) is 117 cm³/mol. The molecular weight excluding hydrogens is 364 g/mol. The maximum Gasteiger partial charge on any atom is 0.255 e. The Morgan fingerprint density at radius 3 is 2.55 bits per heavy atom. The van der Waals surface area contributed by atoms with Crippen LogP contribution in [0.2, 0.25) is 0 Å². The van der Waals surface area contributed by atoms with Crippen molar-refractivity contribution in [1.29, 1.82) is 0 Å². The minimum atomic E-state index is -0.479. The van der Waals surface area contributed by atoms with Gasteiger partial charge in [-0.2, -0.15) is 0 Å². The van der Waals surface area contributed by atoms with Crippen LogP contribution in [0.3, 0.4) is 0 Å². The van der Waals surface area contributed by atoms with Crippen molar-refractivity contribution in [2.24, 2.45) is 10.7 Å². The molecule has 0 radical (unpaired) electrons. The molecule has 0 bridgehead atoms. The summed E-state index contributed by atoms with van der Waals surface area (Å²) in [7, 11) is 1.82. The van der Waals surface area contributed by atoms with E-state index in [0.717, 1.165) is 38.4 Å². The van der Waals surface area contributed by atoms with Gasteiger partial charge in [0, 0.05) is 26.7 Å². The maximum absolute atomic E-state index is 10.8. The van der Waals surface area contributed by atoms with Gasteiger partial charge < -0.3 is 20.7 Å². The minimum Gasteiger partial charge on any atom is -0.484 e. The van der Waals surface area contributed by atoms with E-state index in [1.165, 1.54) is 16.7 Å². The molecule has 0 saturated carbocycles. The number of amides is 1. The lowest BCUT2D eigenvalue weighted by atomic mass is 10.00. The third-order valence-electron chi connectivity index (χ3n) is 4.87. The molecule has 1 amide bonds. The average molecular weight is 393 g/mol. The van der Waals surface area contributed by atoms with Gasteiger partial charge in [0.1, 0.15) is 5.75 Å². The van der Waals surface area contributed by atoms with E-state index in [4.69, 9.17) is 10.5 Å². The zero-order valence-corrected chi connectivity index (χ0v) is 16.8. The number of benzene rings is 2. The van der Waals surface area contributed by atoms with E-state index in [-0.39, 0.29) is 6.61 Å². The SMILES string of the molecule is CN=C(NCCc1ccc(OCC(N)=O)cc1)N1CC=C(c2ccccc2)CC1. The van der Waals surface area contributed by atoms with Crippen LogP contribution in [0, 0.1) is 0 Å². The van der Waals surface area contributed by atoms with Gasteiger partial charge in [-0.25, -0.2) is 0 Å². The summed E-state index contributed by atoms with van der Waals surface area (Å²) in [5, 5.41) is 3.45. The normalized spacial score (nSPS) is 14.3. The van der Waals surface area contributed by atoms with Crippen LogP contribution in [-0.4, -0.2) is 50.1 Å². The molecule has 6 nitrogen and oxygen atoms in total. The number of rotatable bonds is 7. The van der Waals surface area contributed by atoms with Crippen LogP contribution in [0.15, 0.2) is 65.7 Å². The van der Waals surface area contributed by atoms with E-state index in [0.29, 0.717) is 5.75 Å². The van der Waals surface area contributed by atoms with Gasteiger partial charge in [0.05, 0.1) is 0 Å². The highest BCUT2D eigenvalue weighted by molar-refractivity contribution is 5.81. The molecule has 1 aliphatic rings. The number of guanidine groups is 1. The Bertz CT molecular complexity index is 860. The lowest BCUT2D eigenvalue weighted by molar-refractivity contribution is -0.119. The van der Waals surface area contributed by atoms with Gasteiger partial charge >= 0.3 is 0 Å². The summed E-state index contributed by atoms with van der Waals surface area (Å²) >= 11 is 0. The quantitative estimate of drug-likeness (QED) is 0.560. The fraction of sp³-hybridized carbons (Fsp3) is 0.304. The number of nitrogens with one attached hydrogen (secondary N) is 1. The van der Waals surface area contributed by atoms with Crippen molar-refractivity contribution in [3.05, 3.63) is 71.8 Å². The highest BCUT2D eigenvalue weighted by Gasteiger charge is 2.15. The summed E-state index contributed by atoms with van der Waals surface area (Å²) in [6, 6.07) is 18.2. The van der Waals surface area contributed by atoms with Crippen LogP contribution in [0.4, 0.5) is 0 Å². The molecule has 0 atom stereocenters. The first-order valence-electron chi connectivity index (χ1n) is 9.86. The van der Waals surface area contributed by atoms with Crippen molar-refractivity contribution in [3.8, 4) is 5.75 Å². The second kappa shape index (κ2) is 10.3. The number of ether oxygens (including phenoxy) is 1. The predicted octanol–water partition coefficient (Wildman–Crippen LogP) is 2.46. The van der Waals surface area contributed by atoms with Gasteiger partial charge in [0.2, 0.25) is 0 Å². The van der Waals surface area contributed by atoms with Crippen LogP contribution >= 0.6 is 0 Å². The van der Waals surface area contributed by atoms with Gasteiger partial charge in [0.15, 0.2) is 12.6 Å². The van der Waals surface area contributed by atoms with Crippen molar-refractivity contribution in [2.45, 2.75) is 12.8 Å². The topological polar surface area (TPSA) is 80.0 Å². The Morgan fingerprint density at radius 1 is 1.17 bits per heavy atom. The molecule has 29 heavy (non-hydrogen) atoms. The Hall–Kier alpha value is -3.28. The number of hydrogen-bond donors (Lipinski definition) is 2. The monoisotopic (exact) mass is 392 g/mol. The summed E-state index contributed by atoms with van der Waals surface area (Å²) < 4.78 is 5.28. The Kier molecular flexibility index (Phi) is 7.28. The number of nitrogens with two attached hydrogens (primary N) is 1. The smallest absolute Gasteiger partial charge is 0.255 e. The fourth-order valence-corrected chi connectivity index (χ4v) is 3.33. The molecule has 0 saturated heterocycles. The zero-order valence-electron chi connectivity index (χ0n) is 16.8. The largest absolute Gasteiger partial charge is 0.484 e. The number of hydrogen-bond acceptors (Lipinski definition) is 3. The molecule has 1 heterocycles. The second-order valence-electron chi connectivity index (χ2n) is 6.91. The van der Waals surface area contributed by atoms with E-state index in [1.54, 1.807) is 0 Å². The van der Waals surface area contributed by atoms with Gasteiger partial charge in [-0.05, 0) is 41.7 Å². The van der Waals surface area contributed by atoms with E-state index >= 15 is 0 Å². The first-order chi connectivity index (χ1) is 14.2. The van der Waals surface area contributed by atoms with Crippen LogP contribution < -0.4 is 15.8 Å². The Labute approximate surface area is 172 Å². The first-order valence-corrected chi connectivity index (χ1v) is 9.86. The molecule has 0 aliphatic carbocycles. The third kappa shape index (κ3) is 6.10. The summed E-state index contributed by atoms with van der Waals surface area (Å²) in [6.45, 7) is 2.50. The minimum absolute atomic E-state index is 0.104. The lowest BCUT2D eigenvalue weighted by Gasteiger charge is -2.29. The first kappa shape index (κ1) is 20.5. The summed E-state index contributed by atoms with van der Waals surface area (Å²) in [6.07, 6.45) is 4.17. The fourth-order valence-electron chi connectivity index (χ4n) is 3.33. The molecule has 2 aromatic carbocycles. The average Bonchev–Trinajstić information content (AvgIpc) is 2.77. The van der Waals surface area contributed by atoms with Crippen molar-refractivity contribution >= 4 is 17.4 Å². The van der Waals surface area contributed by atoms with Crippen molar-refractivity contribution in [1.82, 2.24) is 10.2 Å². The van der Waals surface area contributed by atoms with Gasteiger partial charge in [0.25, 0.3) is 5.91 Å². The zero-order chi connectivity index (χ0) is 20.5. The number of aliphatic imine (C=N–C) groups is 1. The molecule has 1 aliphatic heterocycles. The van der Waals surface area contributed by atoms with Gasteiger partial charge in [-0.1, -0.05) is 48.5 Å². The van der Waals surface area contributed by atoms with Crippen LogP contribution in [0.25, 0.3) is 5.57 Å². The third-order valence-corrected chi connectivity index (χ3v) is 4.87. The molecule has 0 fully saturated rings. The molecule has 152 valence electrons. The van der Waals surface area contributed by atoms with Crippen LogP contribution in [0.5, 0.6) is 5.75 Å². The summed E-state index contributed by atoms with van der Waals surface area (Å²) in [4.78, 5) is 17.5. The maximum atomic E-state index is 10.8.